The molecule has 10 nitrogen and oxygen atoms in total. The second-order valence-electron chi connectivity index (χ2n) is 7.77. The summed E-state index contributed by atoms with van der Waals surface area (Å²) >= 11 is 0. The zero-order valence-corrected chi connectivity index (χ0v) is 16.8. The Labute approximate surface area is 164 Å². The number of aliphatic hydroxyl groups excluding tert-OH is 1. The van der Waals surface area contributed by atoms with Crippen LogP contribution in [0.15, 0.2) is 0 Å². The minimum absolute atomic E-state index is 0.0863. The fourth-order valence-corrected chi connectivity index (χ4v) is 3.01. The van der Waals surface area contributed by atoms with E-state index in [4.69, 9.17) is 5.73 Å². The standard InChI is InChI=1S/C18H32N4O6/c1-9(2)13(19)17(26)22-7-5-6-12(22)16(25)20-11(8-23)15(24)21-14(10(3)4)18(27)28/h9-14,23H,5-8,19H2,1-4H3,(H,20,25)(H,21,24)(H,27,28). The Morgan fingerprint density at radius 1 is 1.11 bits per heavy atom. The van der Waals surface area contributed by atoms with E-state index in [2.05, 4.69) is 10.6 Å². The molecule has 0 bridgehead atoms. The summed E-state index contributed by atoms with van der Waals surface area (Å²) < 4.78 is 0. The van der Waals surface area contributed by atoms with Crippen LogP contribution in [0.2, 0.25) is 0 Å². The van der Waals surface area contributed by atoms with Gasteiger partial charge in [-0.05, 0) is 24.7 Å². The van der Waals surface area contributed by atoms with Crippen molar-refractivity contribution in [2.45, 2.75) is 64.7 Å². The number of rotatable bonds is 9. The topological polar surface area (TPSA) is 162 Å². The summed E-state index contributed by atoms with van der Waals surface area (Å²) in [5, 5.41) is 23.4. The number of hydrogen-bond acceptors (Lipinski definition) is 6. The van der Waals surface area contributed by atoms with E-state index in [9.17, 15) is 29.4 Å². The summed E-state index contributed by atoms with van der Waals surface area (Å²) in [6.07, 6.45) is 1.05. The van der Waals surface area contributed by atoms with Crippen LogP contribution in [-0.2, 0) is 19.2 Å². The molecule has 1 aliphatic heterocycles. The lowest BCUT2D eigenvalue weighted by Gasteiger charge is -2.29. The first-order chi connectivity index (χ1) is 13.0. The van der Waals surface area contributed by atoms with Gasteiger partial charge in [-0.15, -0.1) is 0 Å². The van der Waals surface area contributed by atoms with Gasteiger partial charge in [0.1, 0.15) is 18.1 Å². The van der Waals surface area contributed by atoms with E-state index in [1.165, 1.54) is 4.90 Å². The van der Waals surface area contributed by atoms with E-state index < -0.39 is 48.6 Å². The van der Waals surface area contributed by atoms with Crippen molar-refractivity contribution < 1.29 is 29.4 Å². The molecule has 0 radical (unpaired) electrons. The molecule has 4 atom stereocenters. The van der Waals surface area contributed by atoms with Gasteiger partial charge in [0.25, 0.3) is 0 Å². The van der Waals surface area contributed by atoms with Gasteiger partial charge < -0.3 is 31.5 Å². The van der Waals surface area contributed by atoms with Crippen LogP contribution >= 0.6 is 0 Å². The summed E-state index contributed by atoms with van der Waals surface area (Å²) in [6, 6.07) is -3.97. The molecule has 1 saturated heterocycles. The van der Waals surface area contributed by atoms with Crippen LogP contribution < -0.4 is 16.4 Å². The van der Waals surface area contributed by atoms with Gasteiger partial charge in [0, 0.05) is 6.54 Å². The van der Waals surface area contributed by atoms with E-state index in [1.807, 2.05) is 13.8 Å². The highest BCUT2D eigenvalue weighted by atomic mass is 16.4. The number of carbonyl (C=O) groups excluding carboxylic acids is 3. The Bertz CT molecular complexity index is 595. The van der Waals surface area contributed by atoms with Crippen molar-refractivity contribution in [1.82, 2.24) is 15.5 Å². The Morgan fingerprint density at radius 2 is 1.71 bits per heavy atom. The first-order valence-corrected chi connectivity index (χ1v) is 9.51. The predicted molar refractivity (Wildman–Crippen MR) is 101 cm³/mol. The lowest BCUT2D eigenvalue weighted by molar-refractivity contribution is -0.144. The molecule has 0 aromatic carbocycles. The summed E-state index contributed by atoms with van der Waals surface area (Å²) in [4.78, 5) is 50.1. The molecule has 1 heterocycles. The van der Waals surface area contributed by atoms with Crippen molar-refractivity contribution in [3.8, 4) is 0 Å². The summed E-state index contributed by atoms with van der Waals surface area (Å²) in [5.41, 5.74) is 5.91. The van der Waals surface area contributed by atoms with Crippen molar-refractivity contribution in [2.24, 2.45) is 17.6 Å². The van der Waals surface area contributed by atoms with Gasteiger partial charge in [0.15, 0.2) is 0 Å². The number of aliphatic carboxylic acids is 1. The van der Waals surface area contributed by atoms with Crippen molar-refractivity contribution in [1.29, 1.82) is 0 Å². The van der Waals surface area contributed by atoms with Crippen molar-refractivity contribution in [3.05, 3.63) is 0 Å². The third-order valence-corrected chi connectivity index (χ3v) is 4.89. The van der Waals surface area contributed by atoms with Crippen LogP contribution in [0.4, 0.5) is 0 Å². The van der Waals surface area contributed by atoms with Crippen molar-refractivity contribution in [3.63, 3.8) is 0 Å². The SMILES string of the molecule is CC(C)C(N)C(=O)N1CCCC1C(=O)NC(CO)C(=O)NC(C(=O)O)C(C)C. The van der Waals surface area contributed by atoms with E-state index in [0.29, 0.717) is 19.4 Å². The third-order valence-electron chi connectivity index (χ3n) is 4.89. The van der Waals surface area contributed by atoms with Gasteiger partial charge in [-0.25, -0.2) is 4.79 Å². The molecule has 1 fully saturated rings. The number of nitrogens with one attached hydrogen (secondary N) is 2. The average Bonchev–Trinajstić information content (AvgIpc) is 3.11. The van der Waals surface area contributed by atoms with Gasteiger partial charge in [-0.1, -0.05) is 27.7 Å². The number of carboxylic acid groups (broad SMARTS) is 1. The van der Waals surface area contributed by atoms with Crippen molar-refractivity contribution >= 4 is 23.7 Å². The number of carbonyl (C=O) groups is 4. The van der Waals surface area contributed by atoms with Crippen LogP contribution in [0.5, 0.6) is 0 Å². The normalized spacial score (nSPS) is 20.0. The summed E-state index contributed by atoms with van der Waals surface area (Å²) in [5.74, 6) is -3.38. The first-order valence-electron chi connectivity index (χ1n) is 9.51. The molecule has 0 aromatic heterocycles. The lowest BCUT2D eigenvalue weighted by Crippen LogP contribution is -2.58. The molecule has 1 rings (SSSR count). The molecule has 160 valence electrons. The second-order valence-corrected chi connectivity index (χ2v) is 7.77. The maximum Gasteiger partial charge on any atom is 0.326 e. The minimum atomic E-state index is -1.32. The number of likely N-dealkylation sites (tertiary alicyclic amines) is 1. The van der Waals surface area contributed by atoms with Gasteiger partial charge in [0.2, 0.25) is 17.7 Å². The zero-order chi connectivity index (χ0) is 21.6. The number of nitrogens with two attached hydrogens (primary N) is 1. The van der Waals surface area contributed by atoms with Crippen LogP contribution in [0.25, 0.3) is 0 Å². The molecule has 4 unspecified atom stereocenters. The van der Waals surface area contributed by atoms with E-state index >= 15 is 0 Å². The molecule has 28 heavy (non-hydrogen) atoms. The summed E-state index contributed by atoms with van der Waals surface area (Å²) in [7, 11) is 0. The van der Waals surface area contributed by atoms with Crippen LogP contribution in [0.3, 0.4) is 0 Å². The third kappa shape index (κ3) is 5.90. The quantitative estimate of drug-likeness (QED) is 0.320. The monoisotopic (exact) mass is 400 g/mol. The molecule has 0 aliphatic carbocycles. The van der Waals surface area contributed by atoms with Gasteiger partial charge >= 0.3 is 5.97 Å². The lowest BCUT2D eigenvalue weighted by atomic mass is 10.0. The summed E-state index contributed by atoms with van der Waals surface area (Å²) in [6.45, 7) is 6.58. The smallest absolute Gasteiger partial charge is 0.326 e. The van der Waals surface area contributed by atoms with Crippen molar-refractivity contribution in [2.75, 3.05) is 13.2 Å². The molecule has 0 spiro atoms. The number of hydrogen-bond donors (Lipinski definition) is 5. The van der Waals surface area contributed by atoms with Crippen LogP contribution in [-0.4, -0.2) is 76.1 Å². The molecule has 0 saturated carbocycles. The van der Waals surface area contributed by atoms with E-state index in [1.54, 1.807) is 13.8 Å². The minimum Gasteiger partial charge on any atom is -0.480 e. The number of carboxylic acids is 1. The highest BCUT2D eigenvalue weighted by Gasteiger charge is 2.38. The Morgan fingerprint density at radius 3 is 2.18 bits per heavy atom. The maximum atomic E-state index is 12.6. The molecular weight excluding hydrogens is 368 g/mol. The fourth-order valence-electron chi connectivity index (χ4n) is 3.01. The van der Waals surface area contributed by atoms with Gasteiger partial charge in [0.05, 0.1) is 12.6 Å². The molecule has 6 N–H and O–H groups in total. The van der Waals surface area contributed by atoms with E-state index in [0.717, 1.165) is 0 Å². The second kappa shape index (κ2) is 10.4. The molecule has 3 amide bonds. The molecule has 10 heteroatoms. The first kappa shape index (κ1) is 23.8. The Hall–Kier alpha value is -2.20. The number of amides is 3. The highest BCUT2D eigenvalue weighted by molar-refractivity contribution is 5.94. The van der Waals surface area contributed by atoms with Gasteiger partial charge in [-0.3, -0.25) is 14.4 Å². The number of aliphatic hydroxyl groups is 1. The average molecular weight is 400 g/mol. The Kier molecular flexibility index (Phi) is 8.83. The zero-order valence-electron chi connectivity index (χ0n) is 16.8. The van der Waals surface area contributed by atoms with Crippen LogP contribution in [0, 0.1) is 11.8 Å². The largest absolute Gasteiger partial charge is 0.480 e. The van der Waals surface area contributed by atoms with Crippen LogP contribution in [0.1, 0.15) is 40.5 Å². The highest BCUT2D eigenvalue weighted by Crippen LogP contribution is 2.20. The maximum absolute atomic E-state index is 12.6. The number of nitrogens with zero attached hydrogens (tertiary/aromatic N) is 1. The fraction of sp³-hybridized carbons (Fsp3) is 0.778. The predicted octanol–water partition coefficient (Wildman–Crippen LogP) is -1.34. The van der Waals surface area contributed by atoms with Gasteiger partial charge in [-0.2, -0.15) is 0 Å². The molecule has 1 aliphatic rings. The molecule has 0 aromatic rings. The molecular formula is C18H32N4O6. The van der Waals surface area contributed by atoms with E-state index in [-0.39, 0.29) is 17.7 Å². The Balaban J connectivity index is 2.80.